The van der Waals surface area contributed by atoms with E-state index in [0.717, 1.165) is 11.3 Å². The molecule has 8 heteroatoms. The van der Waals surface area contributed by atoms with Crippen LogP contribution in [0.2, 0.25) is 5.02 Å². The van der Waals surface area contributed by atoms with Gasteiger partial charge in [-0.25, -0.2) is 9.67 Å². The first kappa shape index (κ1) is 16.2. The molecule has 3 aromatic rings. The third kappa shape index (κ3) is 3.03. The third-order valence-electron chi connectivity index (χ3n) is 3.79. The summed E-state index contributed by atoms with van der Waals surface area (Å²) in [4.78, 5) is 16.4. The van der Waals surface area contributed by atoms with Gasteiger partial charge in [0.25, 0.3) is 5.91 Å². The van der Waals surface area contributed by atoms with E-state index in [2.05, 4.69) is 20.5 Å². The Labute approximate surface area is 144 Å². The summed E-state index contributed by atoms with van der Waals surface area (Å²) in [5, 5.41) is 11.6. The summed E-state index contributed by atoms with van der Waals surface area (Å²) >= 11 is 6.16. The predicted octanol–water partition coefficient (Wildman–Crippen LogP) is 2.45. The molecule has 0 radical (unpaired) electrons. The van der Waals surface area contributed by atoms with Gasteiger partial charge in [0, 0.05) is 7.05 Å². The lowest BCUT2D eigenvalue weighted by Crippen LogP contribution is -2.28. The summed E-state index contributed by atoms with van der Waals surface area (Å²) in [6.07, 6.45) is 3.11. The van der Waals surface area contributed by atoms with E-state index < -0.39 is 0 Å². The van der Waals surface area contributed by atoms with Gasteiger partial charge in [0.2, 0.25) is 0 Å². The molecule has 7 nitrogen and oxygen atoms in total. The fraction of sp³-hybridized carbons (Fsp3) is 0.250. The zero-order valence-electron chi connectivity index (χ0n) is 13.6. The van der Waals surface area contributed by atoms with Gasteiger partial charge in [-0.3, -0.25) is 9.48 Å². The second-order valence-electron chi connectivity index (χ2n) is 5.50. The molecule has 2 aromatic heterocycles. The van der Waals surface area contributed by atoms with Gasteiger partial charge in [0.15, 0.2) is 0 Å². The Morgan fingerprint density at radius 1 is 1.29 bits per heavy atom. The summed E-state index contributed by atoms with van der Waals surface area (Å²) in [6.45, 7) is 3.69. The average molecular weight is 345 g/mol. The van der Waals surface area contributed by atoms with E-state index in [9.17, 15) is 4.79 Å². The quantitative estimate of drug-likeness (QED) is 0.788. The molecule has 0 unspecified atom stereocenters. The van der Waals surface area contributed by atoms with Crippen LogP contribution >= 0.6 is 11.6 Å². The largest absolute Gasteiger partial charge is 0.344 e. The Hall–Kier alpha value is -2.67. The average Bonchev–Trinajstić information content (AvgIpc) is 3.16. The van der Waals surface area contributed by atoms with Crippen molar-refractivity contribution in [1.82, 2.24) is 29.9 Å². The molecule has 24 heavy (non-hydrogen) atoms. The van der Waals surface area contributed by atoms with Gasteiger partial charge in [0.1, 0.15) is 18.3 Å². The number of benzene rings is 1. The molecule has 0 aliphatic carbocycles. The van der Waals surface area contributed by atoms with Gasteiger partial charge in [-0.15, -0.1) is 0 Å². The zero-order valence-corrected chi connectivity index (χ0v) is 14.3. The molecule has 2 heterocycles. The Morgan fingerprint density at radius 2 is 2.00 bits per heavy atom. The van der Waals surface area contributed by atoms with Crippen molar-refractivity contribution in [2.45, 2.75) is 19.9 Å². The molecule has 1 amide bonds. The SMILES string of the molecule is Cc1nn(C)c(C(=O)N[C@@H](C)c2ccc(-n3cncn3)cc2)c1Cl. The standard InChI is InChI=1S/C16H17ClN6O/c1-10(20-16(24)15-14(17)11(2)21-22(15)3)12-4-6-13(7-5-12)23-9-18-8-19-23/h4-10H,1-3H3,(H,20,24)/t10-/m0/s1. The monoisotopic (exact) mass is 344 g/mol. The first-order valence-corrected chi connectivity index (χ1v) is 7.80. The van der Waals surface area contributed by atoms with Crippen LogP contribution in [0.25, 0.3) is 5.69 Å². The number of carbonyl (C=O) groups is 1. The summed E-state index contributed by atoms with van der Waals surface area (Å²) < 4.78 is 3.17. The molecule has 0 saturated heterocycles. The van der Waals surface area contributed by atoms with E-state index in [-0.39, 0.29) is 11.9 Å². The highest BCUT2D eigenvalue weighted by Gasteiger charge is 2.20. The first-order chi connectivity index (χ1) is 11.5. The number of amides is 1. The number of halogens is 1. The molecule has 0 aliphatic heterocycles. The lowest BCUT2D eigenvalue weighted by Gasteiger charge is -2.15. The first-order valence-electron chi connectivity index (χ1n) is 7.42. The number of hydrogen-bond donors (Lipinski definition) is 1. The van der Waals surface area contributed by atoms with Crippen molar-refractivity contribution in [2.75, 3.05) is 0 Å². The van der Waals surface area contributed by atoms with Crippen LogP contribution in [0.1, 0.15) is 34.7 Å². The van der Waals surface area contributed by atoms with Gasteiger partial charge < -0.3 is 5.32 Å². The lowest BCUT2D eigenvalue weighted by molar-refractivity contribution is 0.0930. The van der Waals surface area contributed by atoms with Crippen LogP contribution in [-0.2, 0) is 7.05 Å². The topological polar surface area (TPSA) is 77.6 Å². The predicted molar refractivity (Wildman–Crippen MR) is 90.2 cm³/mol. The number of aromatic nitrogens is 5. The van der Waals surface area contributed by atoms with E-state index >= 15 is 0 Å². The third-order valence-corrected chi connectivity index (χ3v) is 4.24. The number of hydrogen-bond acceptors (Lipinski definition) is 4. The van der Waals surface area contributed by atoms with Gasteiger partial charge in [-0.05, 0) is 31.5 Å². The molecule has 1 N–H and O–H groups in total. The Bertz CT molecular complexity index is 854. The maximum Gasteiger partial charge on any atom is 0.271 e. The van der Waals surface area contributed by atoms with Crippen LogP contribution in [0.15, 0.2) is 36.9 Å². The Morgan fingerprint density at radius 3 is 2.54 bits per heavy atom. The number of aryl methyl sites for hydroxylation is 2. The minimum Gasteiger partial charge on any atom is -0.344 e. The molecule has 3 rings (SSSR count). The minimum absolute atomic E-state index is 0.173. The van der Waals surface area contributed by atoms with Crippen molar-refractivity contribution in [3.8, 4) is 5.69 Å². The number of nitrogens with zero attached hydrogens (tertiary/aromatic N) is 5. The molecule has 0 aliphatic rings. The highest BCUT2D eigenvalue weighted by molar-refractivity contribution is 6.34. The van der Waals surface area contributed by atoms with Crippen LogP contribution in [0.5, 0.6) is 0 Å². The Kier molecular flexibility index (Phi) is 4.35. The summed E-state index contributed by atoms with van der Waals surface area (Å²) in [5.74, 6) is -0.254. The van der Waals surface area contributed by atoms with Crippen LogP contribution in [0.3, 0.4) is 0 Å². The molecule has 0 bridgehead atoms. The van der Waals surface area contributed by atoms with Crippen molar-refractivity contribution < 1.29 is 4.79 Å². The summed E-state index contributed by atoms with van der Waals surface area (Å²) in [7, 11) is 1.70. The summed E-state index contributed by atoms with van der Waals surface area (Å²) in [5.41, 5.74) is 2.87. The number of carbonyl (C=O) groups excluding carboxylic acids is 1. The zero-order chi connectivity index (χ0) is 17.3. The van der Waals surface area contributed by atoms with Gasteiger partial charge >= 0.3 is 0 Å². The van der Waals surface area contributed by atoms with Crippen molar-refractivity contribution >= 4 is 17.5 Å². The molecule has 1 aromatic carbocycles. The smallest absolute Gasteiger partial charge is 0.271 e. The second kappa shape index (κ2) is 6.45. The Balaban J connectivity index is 1.75. The highest BCUT2D eigenvalue weighted by atomic mass is 35.5. The van der Waals surface area contributed by atoms with E-state index in [0.29, 0.717) is 16.4 Å². The normalized spacial score (nSPS) is 12.2. The van der Waals surface area contributed by atoms with Crippen molar-refractivity contribution in [1.29, 1.82) is 0 Å². The van der Waals surface area contributed by atoms with Crippen molar-refractivity contribution in [3.05, 3.63) is 58.9 Å². The number of nitrogens with one attached hydrogen (secondary N) is 1. The summed E-state index contributed by atoms with van der Waals surface area (Å²) in [6, 6.07) is 7.56. The molecule has 124 valence electrons. The lowest BCUT2D eigenvalue weighted by atomic mass is 10.1. The second-order valence-corrected chi connectivity index (χ2v) is 5.88. The molecule has 1 atom stereocenters. The van der Waals surface area contributed by atoms with E-state index in [1.807, 2.05) is 31.2 Å². The van der Waals surface area contributed by atoms with Gasteiger partial charge in [-0.2, -0.15) is 10.2 Å². The van der Waals surface area contributed by atoms with Crippen LogP contribution in [-0.4, -0.2) is 30.5 Å². The van der Waals surface area contributed by atoms with Crippen molar-refractivity contribution in [2.24, 2.45) is 7.05 Å². The molecule has 0 spiro atoms. The van der Waals surface area contributed by atoms with Crippen LogP contribution in [0.4, 0.5) is 0 Å². The molecular formula is C16H17ClN6O. The van der Waals surface area contributed by atoms with Gasteiger partial charge in [-0.1, -0.05) is 23.7 Å². The highest BCUT2D eigenvalue weighted by Crippen LogP contribution is 2.21. The maximum absolute atomic E-state index is 12.5. The fourth-order valence-corrected chi connectivity index (χ4v) is 2.73. The molecular weight excluding hydrogens is 328 g/mol. The fourth-order valence-electron chi connectivity index (χ4n) is 2.48. The minimum atomic E-state index is -0.254. The number of rotatable bonds is 4. The molecule has 0 saturated carbocycles. The maximum atomic E-state index is 12.5. The van der Waals surface area contributed by atoms with E-state index in [1.165, 1.54) is 11.0 Å². The van der Waals surface area contributed by atoms with E-state index in [1.54, 1.807) is 25.0 Å². The van der Waals surface area contributed by atoms with Gasteiger partial charge in [0.05, 0.1) is 22.4 Å². The van der Waals surface area contributed by atoms with Crippen LogP contribution in [0, 0.1) is 6.92 Å². The van der Waals surface area contributed by atoms with Crippen molar-refractivity contribution in [3.63, 3.8) is 0 Å². The molecule has 0 fully saturated rings. The van der Waals surface area contributed by atoms with E-state index in [4.69, 9.17) is 11.6 Å². The van der Waals surface area contributed by atoms with Crippen LogP contribution < -0.4 is 5.32 Å².